The molecule has 15 heteroatoms. The first-order valence-electron chi connectivity index (χ1n) is 15.1. The summed E-state index contributed by atoms with van der Waals surface area (Å²) in [6.07, 6.45) is 5.83. The standard InChI is InChI=1S/C27H57N9O4S2/c1-22(37)33-15-20-42-41-19-6-7-23(38)21-32-12-16-36(17-13-34-26(39)24(30)8-2-4-10-28)18-14-35-27(40)25(31)9-3-5-11-29/h24-25,32H,2-21,28-31H2,1H3,(H,33,37)(H,34,39)(H,35,40). The molecule has 2 atom stereocenters. The van der Waals surface area contributed by atoms with Crippen LogP contribution in [-0.4, -0.2) is 117 Å². The van der Waals surface area contributed by atoms with E-state index in [-0.39, 0.29) is 23.5 Å². The molecule has 0 aromatic carbocycles. The summed E-state index contributed by atoms with van der Waals surface area (Å²) in [5, 5.41) is 11.8. The Hall–Kier alpha value is -1.46. The van der Waals surface area contributed by atoms with Gasteiger partial charge in [-0.3, -0.25) is 24.1 Å². The third kappa shape index (κ3) is 25.1. The van der Waals surface area contributed by atoms with Crippen LogP contribution in [0.4, 0.5) is 0 Å². The van der Waals surface area contributed by atoms with Crippen LogP contribution in [0.15, 0.2) is 0 Å². The van der Waals surface area contributed by atoms with Crippen molar-refractivity contribution in [3.8, 4) is 0 Å². The molecule has 0 rings (SSSR count). The van der Waals surface area contributed by atoms with Gasteiger partial charge in [0.25, 0.3) is 0 Å². The fourth-order valence-electron chi connectivity index (χ4n) is 3.82. The minimum absolute atomic E-state index is 0.0238. The van der Waals surface area contributed by atoms with Gasteiger partial charge >= 0.3 is 0 Å². The van der Waals surface area contributed by atoms with Crippen LogP contribution < -0.4 is 44.2 Å². The van der Waals surface area contributed by atoms with Gasteiger partial charge in [-0.15, -0.1) is 0 Å². The van der Waals surface area contributed by atoms with Crippen molar-refractivity contribution >= 4 is 45.1 Å². The third-order valence-electron chi connectivity index (χ3n) is 6.32. The average Bonchev–Trinajstić information content (AvgIpc) is 2.96. The predicted molar refractivity (Wildman–Crippen MR) is 175 cm³/mol. The average molecular weight is 636 g/mol. The Balaban J connectivity index is 4.40. The molecule has 13 nitrogen and oxygen atoms in total. The van der Waals surface area contributed by atoms with E-state index in [4.69, 9.17) is 22.9 Å². The van der Waals surface area contributed by atoms with E-state index in [2.05, 4.69) is 26.2 Å². The van der Waals surface area contributed by atoms with Crippen molar-refractivity contribution in [3.63, 3.8) is 0 Å². The number of carbonyl (C=O) groups is 4. The molecule has 0 spiro atoms. The van der Waals surface area contributed by atoms with Gasteiger partial charge in [-0.05, 0) is 45.2 Å². The van der Waals surface area contributed by atoms with Crippen LogP contribution in [0.25, 0.3) is 0 Å². The van der Waals surface area contributed by atoms with Crippen molar-refractivity contribution in [1.82, 2.24) is 26.2 Å². The minimum Gasteiger partial charge on any atom is -0.355 e. The summed E-state index contributed by atoms with van der Waals surface area (Å²) in [6.45, 7) is 6.86. The smallest absolute Gasteiger partial charge is 0.236 e. The molecule has 0 aromatic rings. The zero-order chi connectivity index (χ0) is 31.4. The summed E-state index contributed by atoms with van der Waals surface area (Å²) in [5.41, 5.74) is 23.0. The molecular weight excluding hydrogens is 578 g/mol. The molecule has 3 amide bonds. The third-order valence-corrected chi connectivity index (χ3v) is 8.81. The number of rotatable bonds is 29. The summed E-state index contributed by atoms with van der Waals surface area (Å²) in [4.78, 5) is 49.8. The van der Waals surface area contributed by atoms with Crippen molar-refractivity contribution in [2.24, 2.45) is 22.9 Å². The summed E-state index contributed by atoms with van der Waals surface area (Å²) in [7, 11) is 3.40. The highest BCUT2D eigenvalue weighted by Crippen LogP contribution is 2.21. The largest absolute Gasteiger partial charge is 0.355 e. The predicted octanol–water partition coefficient (Wildman–Crippen LogP) is -1.11. The topological polar surface area (TPSA) is 224 Å². The lowest BCUT2D eigenvalue weighted by Gasteiger charge is -2.24. The number of nitrogens with two attached hydrogens (primary N) is 4. The first-order chi connectivity index (χ1) is 20.2. The van der Waals surface area contributed by atoms with Crippen molar-refractivity contribution in [3.05, 3.63) is 0 Å². The molecule has 246 valence electrons. The maximum atomic E-state index is 12.3. The number of unbranched alkanes of at least 4 members (excludes halogenated alkanes) is 2. The highest BCUT2D eigenvalue weighted by Gasteiger charge is 2.15. The Morgan fingerprint density at radius 3 is 1.74 bits per heavy atom. The van der Waals surface area contributed by atoms with Gasteiger partial charge in [-0.25, -0.2) is 0 Å². The van der Waals surface area contributed by atoms with Gasteiger partial charge in [0.1, 0.15) is 5.78 Å². The van der Waals surface area contributed by atoms with Gasteiger partial charge in [-0.1, -0.05) is 34.4 Å². The van der Waals surface area contributed by atoms with Gasteiger partial charge in [-0.2, -0.15) is 0 Å². The molecular formula is C27H57N9O4S2. The van der Waals surface area contributed by atoms with E-state index >= 15 is 0 Å². The number of Topliss-reactive ketones (excluding diaryl/α,β-unsaturated/α-hetero) is 1. The van der Waals surface area contributed by atoms with Crippen LogP contribution in [0.3, 0.4) is 0 Å². The normalized spacial score (nSPS) is 12.6. The lowest BCUT2D eigenvalue weighted by atomic mass is 10.1. The lowest BCUT2D eigenvalue weighted by Crippen LogP contribution is -2.47. The molecule has 0 aliphatic rings. The Bertz CT molecular complexity index is 704. The van der Waals surface area contributed by atoms with Crippen LogP contribution in [0.5, 0.6) is 0 Å². The van der Waals surface area contributed by atoms with Gasteiger partial charge < -0.3 is 44.2 Å². The molecule has 0 saturated heterocycles. The molecule has 12 N–H and O–H groups in total. The molecule has 0 aromatic heterocycles. The molecule has 0 saturated carbocycles. The summed E-state index contributed by atoms with van der Waals surface area (Å²) in [6, 6.07) is -1.11. The number of hydrogen-bond acceptors (Lipinski definition) is 12. The van der Waals surface area contributed by atoms with Crippen molar-refractivity contribution < 1.29 is 19.2 Å². The SMILES string of the molecule is CC(=O)NCCSSCCCC(=O)CNCCN(CCNC(=O)C(N)CCCCN)CCNC(=O)C(N)CCCCN. The number of nitrogens with zero attached hydrogens (tertiary/aromatic N) is 1. The maximum absolute atomic E-state index is 12.3. The van der Waals surface area contributed by atoms with Crippen molar-refractivity contribution in [1.29, 1.82) is 0 Å². The second kappa shape index (κ2) is 28.3. The highest BCUT2D eigenvalue weighted by molar-refractivity contribution is 8.76. The van der Waals surface area contributed by atoms with Crippen molar-refractivity contribution in [2.75, 3.05) is 77.0 Å². The van der Waals surface area contributed by atoms with Gasteiger partial charge in [0.2, 0.25) is 17.7 Å². The number of nitrogens with one attached hydrogen (secondary N) is 4. The van der Waals surface area contributed by atoms with Crippen LogP contribution in [-0.2, 0) is 19.2 Å². The second-order valence-electron chi connectivity index (χ2n) is 10.2. The first kappa shape index (κ1) is 40.5. The van der Waals surface area contributed by atoms with Gasteiger partial charge in [0.15, 0.2) is 0 Å². The van der Waals surface area contributed by atoms with Gasteiger partial charge in [0.05, 0.1) is 18.6 Å². The van der Waals surface area contributed by atoms with E-state index in [9.17, 15) is 19.2 Å². The number of amides is 3. The lowest BCUT2D eigenvalue weighted by molar-refractivity contribution is -0.123. The van der Waals surface area contributed by atoms with Crippen molar-refractivity contribution in [2.45, 2.75) is 70.4 Å². The minimum atomic E-state index is -0.557. The highest BCUT2D eigenvalue weighted by atomic mass is 33.1. The quantitative estimate of drug-likeness (QED) is 0.0362. The van der Waals surface area contributed by atoms with E-state index in [0.29, 0.717) is 84.7 Å². The Morgan fingerprint density at radius 1 is 0.690 bits per heavy atom. The first-order valence-corrected chi connectivity index (χ1v) is 17.6. The molecule has 0 heterocycles. The Morgan fingerprint density at radius 2 is 1.21 bits per heavy atom. The van der Waals surface area contributed by atoms with Crippen LogP contribution in [0.2, 0.25) is 0 Å². The van der Waals surface area contributed by atoms with E-state index in [0.717, 1.165) is 43.6 Å². The van der Waals surface area contributed by atoms with Gasteiger partial charge in [0, 0.05) is 70.7 Å². The number of carbonyl (C=O) groups excluding carboxylic acids is 4. The summed E-state index contributed by atoms with van der Waals surface area (Å²) >= 11 is 0. The van der Waals surface area contributed by atoms with E-state index in [1.807, 2.05) is 0 Å². The molecule has 0 aliphatic heterocycles. The van der Waals surface area contributed by atoms with E-state index in [1.165, 1.54) is 6.92 Å². The Labute approximate surface area is 260 Å². The van der Waals surface area contributed by atoms with Crippen LogP contribution in [0, 0.1) is 0 Å². The van der Waals surface area contributed by atoms with Crippen LogP contribution >= 0.6 is 21.6 Å². The fraction of sp³-hybridized carbons (Fsp3) is 0.852. The second-order valence-corrected chi connectivity index (χ2v) is 12.9. The Kier molecular flexibility index (Phi) is 27.3. The summed E-state index contributed by atoms with van der Waals surface area (Å²) < 4.78 is 0. The van der Waals surface area contributed by atoms with Crippen LogP contribution in [0.1, 0.15) is 58.3 Å². The molecule has 0 fully saturated rings. The number of hydrogen-bond donors (Lipinski definition) is 8. The zero-order valence-corrected chi connectivity index (χ0v) is 27.1. The summed E-state index contributed by atoms with van der Waals surface area (Å²) in [5.74, 6) is 1.50. The molecule has 2 unspecified atom stereocenters. The van der Waals surface area contributed by atoms with E-state index in [1.54, 1.807) is 21.6 Å². The molecule has 42 heavy (non-hydrogen) atoms. The zero-order valence-electron chi connectivity index (χ0n) is 25.5. The number of ketones is 1. The molecule has 0 radical (unpaired) electrons. The fourth-order valence-corrected chi connectivity index (χ4v) is 5.81. The molecule has 0 bridgehead atoms. The maximum Gasteiger partial charge on any atom is 0.236 e. The van der Waals surface area contributed by atoms with E-state index < -0.39 is 12.1 Å². The molecule has 0 aliphatic carbocycles. The monoisotopic (exact) mass is 635 g/mol.